The fraction of sp³-hybridized carbons (Fsp3) is 0.200. The molecule has 192 valence electrons. The highest BCUT2D eigenvalue weighted by Gasteiger charge is 2.35. The summed E-state index contributed by atoms with van der Waals surface area (Å²) in [5.41, 5.74) is 2.21. The van der Waals surface area contributed by atoms with Gasteiger partial charge in [0.15, 0.2) is 0 Å². The van der Waals surface area contributed by atoms with Gasteiger partial charge in [-0.2, -0.15) is 5.26 Å². The number of nitrogens with zero attached hydrogens (tertiary/aromatic N) is 2. The van der Waals surface area contributed by atoms with Crippen molar-refractivity contribution in [2.24, 2.45) is 0 Å². The average molecular weight is 529 g/mol. The maximum absolute atomic E-state index is 13.3. The van der Waals surface area contributed by atoms with Crippen LogP contribution in [0.2, 0.25) is 5.02 Å². The zero-order chi connectivity index (χ0) is 27.2. The Morgan fingerprint density at radius 2 is 1.87 bits per heavy atom. The Balaban J connectivity index is 1.63. The maximum atomic E-state index is 13.3. The molecule has 0 aliphatic carbocycles. The van der Waals surface area contributed by atoms with Gasteiger partial charge in [-0.15, -0.1) is 0 Å². The number of ether oxygens (including phenoxy) is 1. The van der Waals surface area contributed by atoms with E-state index in [0.717, 1.165) is 10.5 Å². The van der Waals surface area contributed by atoms with E-state index in [9.17, 15) is 19.6 Å². The molecule has 0 unspecified atom stereocenters. The van der Waals surface area contributed by atoms with Crippen LogP contribution in [-0.2, 0) is 20.7 Å². The number of benzene rings is 2. The highest BCUT2D eigenvalue weighted by atomic mass is 35.5. The van der Waals surface area contributed by atoms with E-state index in [1.165, 1.54) is 6.08 Å². The highest BCUT2D eigenvalue weighted by Crippen LogP contribution is 2.31. The average Bonchev–Trinajstić information content (AvgIpc) is 3.39. The Morgan fingerprint density at radius 1 is 1.11 bits per heavy atom. The van der Waals surface area contributed by atoms with Crippen molar-refractivity contribution in [1.82, 2.24) is 4.90 Å². The molecule has 0 radical (unpaired) electrons. The predicted molar refractivity (Wildman–Crippen MR) is 143 cm³/mol. The Morgan fingerprint density at radius 3 is 2.58 bits per heavy atom. The summed E-state index contributed by atoms with van der Waals surface area (Å²) in [6, 6.07) is 19.7. The summed E-state index contributed by atoms with van der Waals surface area (Å²) in [7, 11) is 0. The van der Waals surface area contributed by atoms with Crippen LogP contribution in [0.1, 0.15) is 41.9 Å². The van der Waals surface area contributed by atoms with Gasteiger partial charge < -0.3 is 9.15 Å². The van der Waals surface area contributed by atoms with Crippen LogP contribution in [0.4, 0.5) is 0 Å². The number of amides is 2. The normalized spacial score (nSPS) is 14.7. The number of furan rings is 1. The Hall–Kier alpha value is -4.41. The summed E-state index contributed by atoms with van der Waals surface area (Å²) in [5.74, 6) is -0.826. The third-order valence-electron chi connectivity index (χ3n) is 6.11. The Kier molecular flexibility index (Phi) is 8.25. The number of esters is 1. The van der Waals surface area contributed by atoms with Gasteiger partial charge in [0.05, 0.1) is 17.2 Å². The van der Waals surface area contributed by atoms with E-state index >= 15 is 0 Å². The van der Waals surface area contributed by atoms with Crippen molar-refractivity contribution in [1.29, 1.82) is 5.26 Å². The molecule has 0 fully saturated rings. The SMILES string of the molecule is CCCOC(=O)c1cc(-c2ccc(/C=C3/C(=O)N(CCc4ccccc4)C(=O)C(C#N)=C3C)o2)ccc1Cl. The fourth-order valence-corrected chi connectivity index (χ4v) is 4.25. The minimum absolute atomic E-state index is 0.0800. The van der Waals surface area contributed by atoms with E-state index in [1.807, 2.05) is 43.3 Å². The van der Waals surface area contributed by atoms with Gasteiger partial charge in [0, 0.05) is 17.7 Å². The predicted octanol–water partition coefficient (Wildman–Crippen LogP) is 6.00. The lowest BCUT2D eigenvalue weighted by Crippen LogP contribution is -2.43. The molecular weight excluding hydrogens is 504 g/mol. The second kappa shape index (κ2) is 11.8. The number of hydrogen-bond donors (Lipinski definition) is 0. The van der Waals surface area contributed by atoms with E-state index < -0.39 is 17.8 Å². The zero-order valence-corrected chi connectivity index (χ0v) is 21.7. The molecule has 38 heavy (non-hydrogen) atoms. The van der Waals surface area contributed by atoms with Crippen LogP contribution >= 0.6 is 11.6 Å². The van der Waals surface area contributed by atoms with Gasteiger partial charge in [0.25, 0.3) is 11.8 Å². The minimum Gasteiger partial charge on any atom is -0.462 e. The first-order chi connectivity index (χ1) is 18.3. The van der Waals surface area contributed by atoms with Crippen LogP contribution in [-0.4, -0.2) is 35.8 Å². The molecule has 2 amide bonds. The number of nitriles is 1. The van der Waals surface area contributed by atoms with Crippen LogP contribution < -0.4 is 0 Å². The van der Waals surface area contributed by atoms with Gasteiger partial charge in [-0.25, -0.2) is 4.79 Å². The van der Waals surface area contributed by atoms with Crippen molar-refractivity contribution < 1.29 is 23.5 Å². The number of imide groups is 1. The molecule has 0 bridgehead atoms. The lowest BCUT2D eigenvalue weighted by Gasteiger charge is -2.27. The van der Waals surface area contributed by atoms with Gasteiger partial charge in [0.1, 0.15) is 23.2 Å². The third kappa shape index (κ3) is 5.61. The number of carbonyl (C=O) groups excluding carboxylic acids is 3. The van der Waals surface area contributed by atoms with Crippen LogP contribution in [0.25, 0.3) is 17.4 Å². The molecule has 1 aliphatic rings. The van der Waals surface area contributed by atoms with Crippen LogP contribution in [0.5, 0.6) is 0 Å². The summed E-state index contributed by atoms with van der Waals surface area (Å²) in [6.45, 7) is 3.90. The first kappa shape index (κ1) is 26.6. The largest absolute Gasteiger partial charge is 0.462 e. The molecule has 3 aromatic rings. The van der Waals surface area contributed by atoms with E-state index in [1.54, 1.807) is 37.3 Å². The molecule has 0 N–H and O–H groups in total. The van der Waals surface area contributed by atoms with Gasteiger partial charge in [-0.1, -0.05) is 48.9 Å². The molecule has 1 aromatic heterocycles. The third-order valence-corrected chi connectivity index (χ3v) is 6.44. The number of rotatable bonds is 8. The van der Waals surface area contributed by atoms with Gasteiger partial charge in [-0.3, -0.25) is 14.5 Å². The van der Waals surface area contributed by atoms with E-state index in [2.05, 4.69) is 0 Å². The minimum atomic E-state index is -0.605. The lowest BCUT2D eigenvalue weighted by molar-refractivity contribution is -0.140. The van der Waals surface area contributed by atoms with E-state index in [0.29, 0.717) is 35.5 Å². The Labute approximate surface area is 225 Å². The second-order valence-electron chi connectivity index (χ2n) is 8.70. The van der Waals surface area contributed by atoms with Gasteiger partial charge in [0.2, 0.25) is 0 Å². The smallest absolute Gasteiger partial charge is 0.339 e. The number of hydrogen-bond acceptors (Lipinski definition) is 6. The van der Waals surface area contributed by atoms with Crippen LogP contribution in [0, 0.1) is 11.3 Å². The number of carbonyl (C=O) groups is 3. The fourth-order valence-electron chi connectivity index (χ4n) is 4.05. The van der Waals surface area contributed by atoms with Crippen LogP contribution in [0.3, 0.4) is 0 Å². The molecule has 0 spiro atoms. The van der Waals surface area contributed by atoms with Crippen molar-refractivity contribution in [2.75, 3.05) is 13.2 Å². The second-order valence-corrected chi connectivity index (χ2v) is 9.11. The van der Waals surface area contributed by atoms with Gasteiger partial charge in [-0.05, 0) is 67.3 Å². The highest BCUT2D eigenvalue weighted by molar-refractivity contribution is 6.33. The topological polar surface area (TPSA) is 101 Å². The molecule has 4 rings (SSSR count). The van der Waals surface area contributed by atoms with Crippen molar-refractivity contribution >= 4 is 35.5 Å². The standard InChI is InChI=1S/C30H25ClN2O5/c1-3-15-37-30(36)24-16-21(9-11-26(24)31)27-12-10-22(38-27)17-23-19(2)25(18-32)29(35)33(28(23)34)14-13-20-7-5-4-6-8-20/h4-12,16-17H,3,13-15H2,1-2H3/b23-17+. The first-order valence-electron chi connectivity index (χ1n) is 12.1. The lowest BCUT2D eigenvalue weighted by atomic mass is 9.94. The quantitative estimate of drug-likeness (QED) is 0.202. The molecule has 2 heterocycles. The first-order valence-corrected chi connectivity index (χ1v) is 12.5. The van der Waals surface area contributed by atoms with Crippen LogP contribution in [0.15, 0.2) is 81.8 Å². The molecule has 0 atom stereocenters. The monoisotopic (exact) mass is 528 g/mol. The molecule has 7 nitrogen and oxygen atoms in total. The summed E-state index contributed by atoms with van der Waals surface area (Å²) in [6.07, 6.45) is 2.68. The van der Waals surface area contributed by atoms with Crippen molar-refractivity contribution in [2.45, 2.75) is 26.7 Å². The molecule has 1 aliphatic heterocycles. The van der Waals surface area contributed by atoms with Crippen molar-refractivity contribution in [3.05, 3.63) is 99.3 Å². The van der Waals surface area contributed by atoms with E-state index in [-0.39, 0.29) is 34.9 Å². The zero-order valence-electron chi connectivity index (χ0n) is 21.0. The van der Waals surface area contributed by atoms with Crippen molar-refractivity contribution in [3.8, 4) is 17.4 Å². The summed E-state index contributed by atoms with van der Waals surface area (Å²) in [5, 5.41) is 9.90. The molecular formula is C30H25ClN2O5. The Bertz CT molecular complexity index is 1490. The number of halogens is 1. The molecule has 8 heteroatoms. The summed E-state index contributed by atoms with van der Waals surface area (Å²) >= 11 is 6.20. The molecule has 0 saturated carbocycles. The maximum Gasteiger partial charge on any atom is 0.339 e. The van der Waals surface area contributed by atoms with Gasteiger partial charge >= 0.3 is 5.97 Å². The van der Waals surface area contributed by atoms with Crippen molar-refractivity contribution in [3.63, 3.8) is 0 Å². The molecule has 2 aromatic carbocycles. The van der Waals surface area contributed by atoms with E-state index in [4.69, 9.17) is 20.8 Å². The summed E-state index contributed by atoms with van der Waals surface area (Å²) in [4.78, 5) is 39.7. The summed E-state index contributed by atoms with van der Waals surface area (Å²) < 4.78 is 11.2. The molecule has 0 saturated heterocycles.